The highest BCUT2D eigenvalue weighted by atomic mass is 31.2. The molecule has 0 aromatic rings. The van der Waals surface area contributed by atoms with Gasteiger partial charge in [0.1, 0.15) is 19.3 Å². The Balaban J connectivity index is 5.26. The maximum absolute atomic E-state index is 13.0. The monoisotopic (exact) mass is 1310 g/mol. The summed E-state index contributed by atoms with van der Waals surface area (Å²) in [7, 11) is -9.90. The summed E-state index contributed by atoms with van der Waals surface area (Å²) in [5.41, 5.74) is 0. The Morgan fingerprint density at radius 2 is 0.573 bits per heavy atom. The largest absolute Gasteiger partial charge is 0.472 e. The standard InChI is InChI=1S/C70H136O17P2/c1-8-10-11-12-13-14-15-16-17-18-19-24-30-39-46-53-69(74)86-65(57-80-67(72)51-44-37-29-25-20-22-27-34-41-48-61(3)4)59-84-88(76,77)82-55-64(71)56-83-89(78,79)85-60-66(58-81-68(73)52-45-38-33-32-36-43-50-63(7)9-2)87-70(75)54-47-40-31-26-21-23-28-35-42-49-62(5)6/h61-66,71H,8-60H2,1-7H3,(H,76,77)(H,78,79)/t63?,64-,65-,66-/m1/s1. The number of carbonyl (C=O) groups is 4. The molecular weight excluding hydrogens is 1170 g/mol. The normalized spacial score (nSPS) is 14.5. The summed E-state index contributed by atoms with van der Waals surface area (Å²) in [6.07, 6.45) is 44.4. The third kappa shape index (κ3) is 63.2. The van der Waals surface area contributed by atoms with Gasteiger partial charge in [0.15, 0.2) is 12.2 Å². The number of phosphoric acid groups is 2. The van der Waals surface area contributed by atoms with Crippen LogP contribution >= 0.6 is 15.6 Å². The molecule has 0 heterocycles. The van der Waals surface area contributed by atoms with Gasteiger partial charge in [0.05, 0.1) is 26.4 Å². The number of unbranched alkanes of at least 4 members (excludes halogenated alkanes) is 35. The lowest BCUT2D eigenvalue weighted by molar-refractivity contribution is -0.161. The van der Waals surface area contributed by atoms with Crippen molar-refractivity contribution in [2.75, 3.05) is 39.6 Å². The molecule has 528 valence electrons. The summed E-state index contributed by atoms with van der Waals surface area (Å²) in [5, 5.41) is 10.6. The third-order valence-electron chi connectivity index (χ3n) is 16.5. The van der Waals surface area contributed by atoms with Crippen LogP contribution in [0.5, 0.6) is 0 Å². The van der Waals surface area contributed by atoms with Gasteiger partial charge >= 0.3 is 39.5 Å². The Bertz CT molecular complexity index is 1750. The molecule has 0 saturated carbocycles. The van der Waals surface area contributed by atoms with Crippen LogP contribution in [0.2, 0.25) is 0 Å². The van der Waals surface area contributed by atoms with Crippen LogP contribution in [0, 0.1) is 17.8 Å². The first-order valence-corrected chi connectivity index (χ1v) is 39.4. The summed E-state index contributed by atoms with van der Waals surface area (Å²) in [6.45, 7) is 11.8. The zero-order valence-electron chi connectivity index (χ0n) is 57.9. The fourth-order valence-corrected chi connectivity index (χ4v) is 12.1. The molecule has 0 aromatic carbocycles. The van der Waals surface area contributed by atoms with Crippen LogP contribution < -0.4 is 0 Å². The summed E-state index contributed by atoms with van der Waals surface area (Å²) in [4.78, 5) is 72.5. The second-order valence-electron chi connectivity index (χ2n) is 26.5. The highest BCUT2D eigenvalue weighted by Crippen LogP contribution is 2.45. The average molecular weight is 1310 g/mol. The van der Waals surface area contributed by atoms with Crippen LogP contribution in [0.25, 0.3) is 0 Å². The fourth-order valence-electron chi connectivity index (χ4n) is 10.5. The molecule has 0 rings (SSSR count). The molecule has 0 spiro atoms. The fraction of sp³-hybridized carbons (Fsp3) is 0.943. The molecule has 0 aliphatic rings. The second-order valence-corrected chi connectivity index (χ2v) is 29.4. The Labute approximate surface area is 543 Å². The van der Waals surface area contributed by atoms with Gasteiger partial charge in [0.25, 0.3) is 0 Å². The Hall–Kier alpha value is -1.94. The van der Waals surface area contributed by atoms with Crippen molar-refractivity contribution in [3.63, 3.8) is 0 Å². The lowest BCUT2D eigenvalue weighted by Gasteiger charge is -2.21. The minimum absolute atomic E-state index is 0.104. The molecule has 0 amide bonds. The van der Waals surface area contributed by atoms with E-state index in [0.717, 1.165) is 114 Å². The molecule has 0 radical (unpaired) electrons. The number of hydrogen-bond donors (Lipinski definition) is 3. The zero-order chi connectivity index (χ0) is 65.9. The number of aliphatic hydroxyl groups is 1. The first kappa shape index (κ1) is 87.1. The molecular formula is C70H136O17P2. The van der Waals surface area contributed by atoms with Crippen molar-refractivity contribution in [1.82, 2.24) is 0 Å². The highest BCUT2D eigenvalue weighted by molar-refractivity contribution is 7.47. The molecule has 0 bridgehead atoms. The zero-order valence-corrected chi connectivity index (χ0v) is 59.7. The molecule has 17 nitrogen and oxygen atoms in total. The molecule has 0 fully saturated rings. The molecule has 3 unspecified atom stereocenters. The lowest BCUT2D eigenvalue weighted by Crippen LogP contribution is -2.30. The van der Waals surface area contributed by atoms with E-state index in [1.54, 1.807) is 0 Å². The number of aliphatic hydroxyl groups excluding tert-OH is 1. The van der Waals surface area contributed by atoms with Gasteiger partial charge in [-0.05, 0) is 43.4 Å². The van der Waals surface area contributed by atoms with Gasteiger partial charge in [-0.3, -0.25) is 37.3 Å². The smallest absolute Gasteiger partial charge is 0.462 e. The Kier molecular flexibility index (Phi) is 59.6. The Morgan fingerprint density at radius 1 is 0.326 bits per heavy atom. The summed E-state index contributed by atoms with van der Waals surface area (Å²) in [5.74, 6) is 0.0840. The van der Waals surface area contributed by atoms with E-state index in [9.17, 15) is 43.2 Å². The highest BCUT2D eigenvalue weighted by Gasteiger charge is 2.30. The van der Waals surface area contributed by atoms with Gasteiger partial charge in [0, 0.05) is 25.7 Å². The SMILES string of the molecule is CCCCCCCCCCCCCCCCCC(=O)O[C@H](COC(=O)CCCCCCCCCCCC(C)C)COP(=O)(O)OC[C@@H](O)COP(=O)(O)OC[C@@H](COC(=O)CCCCCCCCC(C)CC)OC(=O)CCCCCCCCCCCC(C)C. The first-order chi connectivity index (χ1) is 42.8. The predicted molar refractivity (Wildman–Crippen MR) is 358 cm³/mol. The summed E-state index contributed by atoms with van der Waals surface area (Å²) >= 11 is 0. The van der Waals surface area contributed by atoms with Gasteiger partial charge in [-0.25, -0.2) is 9.13 Å². The summed E-state index contributed by atoms with van der Waals surface area (Å²) < 4.78 is 68.3. The Morgan fingerprint density at radius 3 is 0.854 bits per heavy atom. The van der Waals surface area contributed by atoms with E-state index < -0.39 is 97.5 Å². The number of esters is 4. The topological polar surface area (TPSA) is 237 Å². The van der Waals surface area contributed by atoms with E-state index in [1.165, 1.54) is 154 Å². The number of ether oxygens (including phenoxy) is 4. The first-order valence-electron chi connectivity index (χ1n) is 36.4. The molecule has 0 aliphatic carbocycles. The molecule has 0 aliphatic heterocycles. The molecule has 6 atom stereocenters. The molecule has 0 aromatic heterocycles. The van der Waals surface area contributed by atoms with Crippen molar-refractivity contribution >= 4 is 39.5 Å². The predicted octanol–water partition coefficient (Wildman–Crippen LogP) is 19.8. The van der Waals surface area contributed by atoms with Crippen molar-refractivity contribution in [2.24, 2.45) is 17.8 Å². The minimum Gasteiger partial charge on any atom is -0.462 e. The van der Waals surface area contributed by atoms with Gasteiger partial charge in [0.2, 0.25) is 0 Å². The van der Waals surface area contributed by atoms with E-state index in [-0.39, 0.29) is 25.7 Å². The third-order valence-corrected chi connectivity index (χ3v) is 18.4. The van der Waals surface area contributed by atoms with Gasteiger partial charge in [-0.2, -0.15) is 0 Å². The maximum Gasteiger partial charge on any atom is 0.472 e. The van der Waals surface area contributed by atoms with Crippen molar-refractivity contribution in [3.05, 3.63) is 0 Å². The van der Waals surface area contributed by atoms with Crippen LogP contribution in [0.4, 0.5) is 0 Å². The van der Waals surface area contributed by atoms with Crippen LogP contribution in [-0.2, 0) is 65.4 Å². The van der Waals surface area contributed by atoms with Crippen LogP contribution in [0.1, 0.15) is 350 Å². The van der Waals surface area contributed by atoms with Gasteiger partial charge in [-0.15, -0.1) is 0 Å². The number of rotatable bonds is 68. The number of carbonyl (C=O) groups excluding carboxylic acids is 4. The molecule has 3 N–H and O–H groups in total. The summed E-state index contributed by atoms with van der Waals surface area (Å²) in [6, 6.07) is 0. The van der Waals surface area contributed by atoms with Gasteiger partial charge in [-0.1, -0.05) is 299 Å². The molecule has 19 heteroatoms. The van der Waals surface area contributed by atoms with Crippen LogP contribution in [-0.4, -0.2) is 96.7 Å². The van der Waals surface area contributed by atoms with E-state index in [4.69, 9.17) is 37.0 Å². The van der Waals surface area contributed by atoms with E-state index in [0.29, 0.717) is 25.7 Å². The van der Waals surface area contributed by atoms with Crippen molar-refractivity contribution in [3.8, 4) is 0 Å². The quantitative estimate of drug-likeness (QED) is 0.0222. The van der Waals surface area contributed by atoms with E-state index in [1.807, 2.05) is 0 Å². The van der Waals surface area contributed by atoms with E-state index in [2.05, 4.69) is 48.5 Å². The minimum atomic E-state index is -4.95. The van der Waals surface area contributed by atoms with Crippen molar-refractivity contribution in [1.29, 1.82) is 0 Å². The molecule has 89 heavy (non-hydrogen) atoms. The lowest BCUT2D eigenvalue weighted by atomic mass is 10.00. The number of phosphoric ester groups is 2. The van der Waals surface area contributed by atoms with Crippen LogP contribution in [0.15, 0.2) is 0 Å². The number of hydrogen-bond acceptors (Lipinski definition) is 15. The average Bonchev–Trinajstić information content (AvgIpc) is 3.69. The second kappa shape index (κ2) is 61.0. The van der Waals surface area contributed by atoms with Crippen molar-refractivity contribution < 1.29 is 80.2 Å². The molecule has 0 saturated heterocycles. The van der Waals surface area contributed by atoms with Crippen LogP contribution in [0.3, 0.4) is 0 Å². The van der Waals surface area contributed by atoms with E-state index >= 15 is 0 Å². The van der Waals surface area contributed by atoms with Gasteiger partial charge < -0.3 is 33.8 Å². The maximum atomic E-state index is 13.0. The van der Waals surface area contributed by atoms with Crippen molar-refractivity contribution in [2.45, 2.75) is 369 Å².